The number of hydrogen-bond donors (Lipinski definition) is 1. The lowest BCUT2D eigenvalue weighted by Crippen LogP contribution is -2.28. The molecule has 0 saturated heterocycles. The first-order chi connectivity index (χ1) is 13.3. The SMILES string of the molecule is CCSc1ccc(CN/C(C=O)=N/c2c(C)nc(Cl)nc2N(C)C(C)C)cn1. The minimum atomic E-state index is 0.149. The van der Waals surface area contributed by atoms with Gasteiger partial charge in [0.2, 0.25) is 5.28 Å². The van der Waals surface area contributed by atoms with Crippen molar-refractivity contribution in [1.82, 2.24) is 20.3 Å². The van der Waals surface area contributed by atoms with Crippen molar-refractivity contribution in [2.75, 3.05) is 17.7 Å². The number of carbonyl (C=O) groups is 1. The van der Waals surface area contributed by atoms with Crippen LogP contribution in [-0.4, -0.2) is 45.9 Å². The Morgan fingerprint density at radius 3 is 2.71 bits per heavy atom. The number of aryl methyl sites for hydroxylation is 1. The summed E-state index contributed by atoms with van der Waals surface area (Å²) in [5.74, 6) is 1.75. The Morgan fingerprint density at radius 1 is 1.39 bits per heavy atom. The molecule has 0 aromatic carbocycles. The van der Waals surface area contributed by atoms with E-state index in [2.05, 4.69) is 32.2 Å². The fourth-order valence-electron chi connectivity index (χ4n) is 2.31. The first-order valence-electron chi connectivity index (χ1n) is 8.98. The second kappa shape index (κ2) is 10.4. The fraction of sp³-hybridized carbons (Fsp3) is 0.421. The van der Waals surface area contributed by atoms with Gasteiger partial charge in [0.1, 0.15) is 5.69 Å². The van der Waals surface area contributed by atoms with Crippen LogP contribution in [0.15, 0.2) is 28.3 Å². The number of carbonyl (C=O) groups excluding carboxylic acids is 1. The van der Waals surface area contributed by atoms with E-state index in [0.29, 0.717) is 30.0 Å². The quantitative estimate of drug-likeness (QED) is 0.228. The molecular formula is C19H25ClN6OS. The monoisotopic (exact) mass is 420 g/mol. The van der Waals surface area contributed by atoms with E-state index in [-0.39, 0.29) is 17.2 Å². The van der Waals surface area contributed by atoms with Crippen molar-refractivity contribution in [3.05, 3.63) is 34.9 Å². The van der Waals surface area contributed by atoms with Gasteiger partial charge in [0.25, 0.3) is 0 Å². The molecule has 150 valence electrons. The number of aldehydes is 1. The Labute approximate surface area is 175 Å². The summed E-state index contributed by atoms with van der Waals surface area (Å²) in [5, 5.41) is 4.18. The highest BCUT2D eigenvalue weighted by atomic mass is 35.5. The van der Waals surface area contributed by atoms with E-state index >= 15 is 0 Å². The molecule has 2 heterocycles. The van der Waals surface area contributed by atoms with Gasteiger partial charge in [-0.05, 0) is 49.8 Å². The van der Waals surface area contributed by atoms with Crippen molar-refractivity contribution in [1.29, 1.82) is 0 Å². The zero-order valence-corrected chi connectivity index (χ0v) is 18.3. The molecule has 0 unspecified atom stereocenters. The van der Waals surface area contributed by atoms with Gasteiger partial charge in [0.05, 0.1) is 10.7 Å². The van der Waals surface area contributed by atoms with Crippen molar-refractivity contribution < 1.29 is 4.79 Å². The molecule has 0 radical (unpaired) electrons. The first-order valence-corrected chi connectivity index (χ1v) is 10.3. The second-order valence-corrected chi connectivity index (χ2v) is 7.98. The largest absolute Gasteiger partial charge is 0.363 e. The minimum Gasteiger partial charge on any atom is -0.363 e. The van der Waals surface area contributed by atoms with Crippen LogP contribution in [0.5, 0.6) is 0 Å². The average Bonchev–Trinajstić information content (AvgIpc) is 2.67. The summed E-state index contributed by atoms with van der Waals surface area (Å²) >= 11 is 7.71. The molecule has 0 atom stereocenters. The summed E-state index contributed by atoms with van der Waals surface area (Å²) in [6.45, 7) is 8.38. The Bertz CT molecular complexity index is 841. The molecule has 0 aliphatic rings. The number of hydrogen-bond acceptors (Lipinski definition) is 7. The van der Waals surface area contributed by atoms with E-state index in [4.69, 9.17) is 11.6 Å². The molecule has 9 heteroatoms. The summed E-state index contributed by atoms with van der Waals surface area (Å²) in [6.07, 6.45) is 2.48. The highest BCUT2D eigenvalue weighted by molar-refractivity contribution is 7.99. The van der Waals surface area contributed by atoms with Crippen molar-refractivity contribution >= 4 is 47.0 Å². The van der Waals surface area contributed by atoms with Gasteiger partial charge in [-0.2, -0.15) is 4.98 Å². The maximum absolute atomic E-state index is 11.6. The van der Waals surface area contributed by atoms with Crippen LogP contribution in [0.4, 0.5) is 11.5 Å². The third-order valence-corrected chi connectivity index (χ3v) is 5.02. The Morgan fingerprint density at radius 2 is 2.14 bits per heavy atom. The number of nitrogens with zero attached hydrogens (tertiary/aromatic N) is 5. The molecule has 7 nitrogen and oxygen atoms in total. The number of pyridine rings is 1. The number of nitrogens with one attached hydrogen (secondary N) is 1. The van der Waals surface area contributed by atoms with E-state index in [0.717, 1.165) is 16.3 Å². The van der Waals surface area contributed by atoms with E-state index in [1.165, 1.54) is 0 Å². The predicted octanol–water partition coefficient (Wildman–Crippen LogP) is 3.81. The van der Waals surface area contributed by atoms with Gasteiger partial charge in [-0.1, -0.05) is 13.0 Å². The Balaban J connectivity index is 2.25. The number of thioether (sulfide) groups is 1. The number of rotatable bonds is 8. The highest BCUT2D eigenvalue weighted by Crippen LogP contribution is 2.31. The molecule has 0 aliphatic carbocycles. The lowest BCUT2D eigenvalue weighted by Gasteiger charge is -2.24. The van der Waals surface area contributed by atoms with Crippen LogP contribution in [0.2, 0.25) is 5.28 Å². The molecule has 2 aromatic heterocycles. The molecule has 0 bridgehead atoms. The number of aliphatic imine (C=N–C) groups is 1. The summed E-state index contributed by atoms with van der Waals surface area (Å²) in [7, 11) is 1.90. The maximum Gasteiger partial charge on any atom is 0.224 e. The third kappa shape index (κ3) is 5.90. The summed E-state index contributed by atoms with van der Waals surface area (Å²) in [6, 6.07) is 4.13. The van der Waals surface area contributed by atoms with Gasteiger partial charge in [0.15, 0.2) is 17.9 Å². The van der Waals surface area contributed by atoms with Gasteiger partial charge in [-0.15, -0.1) is 11.8 Å². The van der Waals surface area contributed by atoms with Crippen LogP contribution < -0.4 is 10.2 Å². The molecule has 0 fully saturated rings. The molecule has 2 rings (SSSR count). The molecule has 0 saturated carbocycles. The van der Waals surface area contributed by atoms with Crippen LogP contribution >= 0.6 is 23.4 Å². The molecule has 0 amide bonds. The Hall–Kier alpha value is -2.19. The minimum absolute atomic E-state index is 0.149. The maximum atomic E-state index is 11.6. The number of amidine groups is 1. The first kappa shape index (κ1) is 22.1. The van der Waals surface area contributed by atoms with Crippen molar-refractivity contribution in [2.24, 2.45) is 4.99 Å². The van der Waals surface area contributed by atoms with E-state index in [1.54, 1.807) is 24.9 Å². The highest BCUT2D eigenvalue weighted by Gasteiger charge is 2.17. The fourth-order valence-corrected chi connectivity index (χ4v) is 3.10. The van der Waals surface area contributed by atoms with Gasteiger partial charge < -0.3 is 10.2 Å². The van der Waals surface area contributed by atoms with Crippen molar-refractivity contribution in [2.45, 2.75) is 45.3 Å². The summed E-state index contributed by atoms with van der Waals surface area (Å²) in [4.78, 5) is 30.9. The van der Waals surface area contributed by atoms with Crippen LogP contribution in [-0.2, 0) is 11.3 Å². The smallest absolute Gasteiger partial charge is 0.224 e. The lowest BCUT2D eigenvalue weighted by molar-refractivity contribution is -0.102. The van der Waals surface area contributed by atoms with Crippen molar-refractivity contribution in [3.8, 4) is 0 Å². The molecule has 28 heavy (non-hydrogen) atoms. The Kier molecular flexibility index (Phi) is 8.19. The molecule has 0 spiro atoms. The van der Waals surface area contributed by atoms with E-state index < -0.39 is 0 Å². The van der Waals surface area contributed by atoms with Crippen LogP contribution in [0.1, 0.15) is 32.0 Å². The van der Waals surface area contributed by atoms with E-state index in [9.17, 15) is 4.79 Å². The third-order valence-electron chi connectivity index (χ3n) is 4.03. The number of halogens is 1. The van der Waals surface area contributed by atoms with Crippen LogP contribution in [0.3, 0.4) is 0 Å². The zero-order chi connectivity index (χ0) is 20.7. The lowest BCUT2D eigenvalue weighted by atomic mass is 10.2. The summed E-state index contributed by atoms with van der Waals surface area (Å²) < 4.78 is 0. The van der Waals surface area contributed by atoms with Gasteiger partial charge in [-0.3, -0.25) is 4.79 Å². The topological polar surface area (TPSA) is 83.4 Å². The van der Waals surface area contributed by atoms with Gasteiger partial charge in [-0.25, -0.2) is 15.0 Å². The second-order valence-electron chi connectivity index (χ2n) is 6.36. The van der Waals surface area contributed by atoms with Crippen LogP contribution in [0, 0.1) is 6.92 Å². The number of aromatic nitrogens is 3. The molecular weight excluding hydrogens is 396 g/mol. The molecule has 0 aliphatic heterocycles. The summed E-state index contributed by atoms with van der Waals surface area (Å²) in [5.41, 5.74) is 2.08. The molecule has 1 N–H and O–H groups in total. The standard InChI is InChI=1S/C19H25ClN6OS/c1-6-28-16-8-7-14(10-22-16)9-21-15(11-27)24-17-13(4)23-19(20)25-18(17)26(5)12(2)3/h7-8,10-12H,6,9H2,1-5H3,(H,21,24). The van der Waals surface area contributed by atoms with E-state index in [1.807, 2.05) is 37.9 Å². The van der Waals surface area contributed by atoms with Crippen molar-refractivity contribution in [3.63, 3.8) is 0 Å². The van der Waals surface area contributed by atoms with Crippen LogP contribution in [0.25, 0.3) is 0 Å². The number of anilines is 1. The molecule has 2 aromatic rings. The van der Waals surface area contributed by atoms with Gasteiger partial charge >= 0.3 is 0 Å². The normalized spacial score (nSPS) is 11.6. The zero-order valence-electron chi connectivity index (χ0n) is 16.7. The average molecular weight is 421 g/mol. The van der Waals surface area contributed by atoms with Gasteiger partial charge in [0, 0.05) is 25.8 Å². The predicted molar refractivity (Wildman–Crippen MR) is 116 cm³/mol.